The third kappa shape index (κ3) is 9.20. The van der Waals surface area contributed by atoms with Crippen molar-refractivity contribution in [1.82, 2.24) is 44.7 Å². The lowest BCUT2D eigenvalue weighted by Gasteiger charge is -2.03. The second-order valence-corrected chi connectivity index (χ2v) is 14.2. The summed E-state index contributed by atoms with van der Waals surface area (Å²) < 4.78 is 13.6. The van der Waals surface area contributed by atoms with Gasteiger partial charge in [0.15, 0.2) is 21.4 Å². The number of halogens is 1. The van der Waals surface area contributed by atoms with E-state index in [1.54, 1.807) is 46.6 Å². The Morgan fingerprint density at radius 3 is 1.68 bits per heavy atom. The van der Waals surface area contributed by atoms with E-state index in [4.69, 9.17) is 14.6 Å². The number of aromatic nitrogens is 9. The Balaban J connectivity index is 0.000000132. The van der Waals surface area contributed by atoms with Crippen molar-refractivity contribution >= 4 is 101 Å². The van der Waals surface area contributed by atoms with E-state index in [1.807, 2.05) is 79.0 Å². The van der Waals surface area contributed by atoms with Gasteiger partial charge in [0, 0.05) is 16.2 Å². The molecule has 0 amide bonds. The maximum absolute atomic E-state index is 11.9. The van der Waals surface area contributed by atoms with E-state index in [0.29, 0.717) is 39.2 Å². The van der Waals surface area contributed by atoms with Crippen LogP contribution >= 0.6 is 49.9 Å². The van der Waals surface area contributed by atoms with E-state index in [2.05, 4.69) is 51.3 Å². The first-order valence-electron chi connectivity index (χ1n) is 16.6. The number of para-hydroxylation sites is 3. The number of aromatic amines is 1. The number of carbonyl (C=O) groups excluding carboxylic acids is 2. The number of carboxylic acids is 1. The zero-order valence-corrected chi connectivity index (χ0v) is 33.5. The molecular weight excluding hydrogens is 843 g/mol. The summed E-state index contributed by atoms with van der Waals surface area (Å²) in [5.74, 6) is -0.781. The van der Waals surface area contributed by atoms with E-state index in [1.165, 1.54) is 28.2 Å². The molecule has 0 unspecified atom stereocenters. The normalized spacial score (nSPS) is 10.5. The Labute approximate surface area is 338 Å². The highest BCUT2D eigenvalue weighted by molar-refractivity contribution is 9.10. The summed E-state index contributed by atoms with van der Waals surface area (Å²) in [5.41, 5.74) is 7.58. The molecule has 9 rings (SSSR count). The number of hydrogen-bond acceptors (Lipinski definition) is 14. The maximum Gasteiger partial charge on any atom is 0.352 e. The number of thiazole rings is 3. The van der Waals surface area contributed by atoms with Crippen LogP contribution < -0.4 is 0 Å². The van der Waals surface area contributed by atoms with Gasteiger partial charge in [0.1, 0.15) is 9.48 Å². The Hall–Kier alpha value is -6.15. The van der Waals surface area contributed by atoms with Crippen molar-refractivity contribution in [2.24, 2.45) is 0 Å². The van der Waals surface area contributed by atoms with Crippen LogP contribution in [0.2, 0.25) is 0 Å². The predicted octanol–water partition coefficient (Wildman–Crippen LogP) is 8.48. The third-order valence-electron chi connectivity index (χ3n) is 7.44. The summed E-state index contributed by atoms with van der Waals surface area (Å²) in [6.45, 7) is 4.29. The minimum Gasteiger partial charge on any atom is -0.477 e. The molecular formula is C37H30BrN9O6S3. The number of aromatic carboxylic acids is 1. The molecule has 0 aliphatic carbocycles. The lowest BCUT2D eigenvalue weighted by Crippen LogP contribution is -2.08. The largest absolute Gasteiger partial charge is 0.477 e. The zero-order chi connectivity index (χ0) is 39.4. The van der Waals surface area contributed by atoms with E-state index >= 15 is 0 Å². The zero-order valence-electron chi connectivity index (χ0n) is 29.5. The van der Waals surface area contributed by atoms with Gasteiger partial charge in [-0.15, -0.1) is 34.0 Å². The second-order valence-electron chi connectivity index (χ2n) is 10.9. The fourth-order valence-corrected chi connectivity index (χ4v) is 7.50. The van der Waals surface area contributed by atoms with Gasteiger partial charge in [-0.2, -0.15) is 15.3 Å². The molecule has 0 saturated carbocycles. The van der Waals surface area contributed by atoms with Gasteiger partial charge in [-0.1, -0.05) is 54.6 Å². The molecule has 0 aliphatic heterocycles. The molecule has 0 fully saturated rings. The summed E-state index contributed by atoms with van der Waals surface area (Å²) in [6.07, 6.45) is 5.26. The van der Waals surface area contributed by atoms with Crippen LogP contribution in [0.25, 0.3) is 44.3 Å². The lowest BCUT2D eigenvalue weighted by molar-refractivity contribution is 0.0521. The number of nitrogens with one attached hydrogen (secondary N) is 1. The van der Waals surface area contributed by atoms with Crippen LogP contribution in [0.1, 0.15) is 42.9 Å². The Morgan fingerprint density at radius 2 is 1.14 bits per heavy atom. The van der Waals surface area contributed by atoms with Gasteiger partial charge in [0.05, 0.1) is 64.9 Å². The number of carboxylic acid groups (broad SMARTS) is 1. The lowest BCUT2D eigenvalue weighted by atomic mass is 10.2. The first kappa shape index (κ1) is 39.5. The highest BCUT2D eigenvalue weighted by atomic mass is 79.9. The summed E-state index contributed by atoms with van der Waals surface area (Å²) in [4.78, 5) is 47.3. The average Bonchev–Trinajstić information content (AvgIpc) is 4.06. The fraction of sp³-hybridized carbons (Fsp3) is 0.108. The molecule has 15 nitrogen and oxygen atoms in total. The number of H-pyrrole nitrogens is 1. The molecule has 19 heteroatoms. The molecule has 0 saturated heterocycles. The predicted molar refractivity (Wildman–Crippen MR) is 218 cm³/mol. The Morgan fingerprint density at radius 1 is 0.661 bits per heavy atom. The average molecular weight is 873 g/mol. The van der Waals surface area contributed by atoms with E-state index < -0.39 is 5.97 Å². The summed E-state index contributed by atoms with van der Waals surface area (Å²) in [5, 5.41) is 27.4. The highest BCUT2D eigenvalue weighted by Gasteiger charge is 2.20. The highest BCUT2D eigenvalue weighted by Crippen LogP contribution is 2.24. The summed E-state index contributed by atoms with van der Waals surface area (Å²) in [7, 11) is 0. The molecule has 6 aromatic heterocycles. The molecule has 3 aromatic carbocycles. The van der Waals surface area contributed by atoms with Crippen LogP contribution in [0.4, 0.5) is 0 Å². The SMILES string of the molecule is CCOC(=O)c1scnc1-n1ncc2ccccc21.CCOC(=O)c1scnc1Br.O=C(O)c1scnc1-n1ncc2ccccc21.c1ccc2[nH]ncc2c1. The van der Waals surface area contributed by atoms with Gasteiger partial charge < -0.3 is 14.6 Å². The van der Waals surface area contributed by atoms with Crippen molar-refractivity contribution in [3.8, 4) is 11.6 Å². The molecule has 0 atom stereocenters. The van der Waals surface area contributed by atoms with Crippen LogP contribution in [0, 0.1) is 0 Å². The number of rotatable bonds is 7. The number of benzene rings is 3. The van der Waals surface area contributed by atoms with Gasteiger partial charge in [0.25, 0.3) is 0 Å². The van der Waals surface area contributed by atoms with Crippen LogP contribution in [0.15, 0.2) is 113 Å². The summed E-state index contributed by atoms with van der Waals surface area (Å²) in [6, 6.07) is 23.4. The Kier molecular flexibility index (Phi) is 13.4. The first-order chi connectivity index (χ1) is 27.3. The minimum atomic E-state index is -0.984. The van der Waals surface area contributed by atoms with Gasteiger partial charge in [0.2, 0.25) is 0 Å². The fourth-order valence-electron chi connectivity index (χ4n) is 4.99. The van der Waals surface area contributed by atoms with Crippen molar-refractivity contribution in [1.29, 1.82) is 0 Å². The van der Waals surface area contributed by atoms with Crippen LogP contribution in [-0.4, -0.2) is 80.9 Å². The topological polar surface area (TPSA) is 193 Å². The quantitative estimate of drug-likeness (QED) is 0.145. The standard InChI is InChI=1S/C13H11N3O2S.C11H7N3O2S.C7H6N2.C6H6BrNO2S/c1-2-18-13(17)11-12(14-8-19-11)16-10-6-4-3-5-9(10)7-15-16;15-11(16)9-10(12-6-17-9)14-8-4-2-1-3-7(8)5-13-14;1-2-4-7-6(3-1)5-8-9-7;1-2-10-6(9)4-5(7)8-3-11-4/h3-8H,2H2,1H3;1-6H,(H,15,16);1-5H,(H,8,9);3H,2H2,1H3. The number of carbonyl (C=O) groups is 3. The Bertz CT molecular complexity index is 2680. The monoisotopic (exact) mass is 871 g/mol. The molecule has 0 spiro atoms. The number of esters is 2. The molecule has 9 aromatic rings. The number of nitrogens with zero attached hydrogens (tertiary/aromatic N) is 8. The van der Waals surface area contributed by atoms with Crippen LogP contribution in [0.3, 0.4) is 0 Å². The van der Waals surface area contributed by atoms with Crippen molar-refractivity contribution in [2.75, 3.05) is 13.2 Å². The molecule has 6 heterocycles. The molecule has 284 valence electrons. The van der Waals surface area contributed by atoms with Gasteiger partial charge in [-0.3, -0.25) is 5.10 Å². The van der Waals surface area contributed by atoms with Crippen molar-refractivity contribution < 1.29 is 29.0 Å². The van der Waals surface area contributed by atoms with Gasteiger partial charge >= 0.3 is 17.9 Å². The van der Waals surface area contributed by atoms with Gasteiger partial charge in [-0.05, 0) is 48.0 Å². The number of ether oxygens (including phenoxy) is 2. The second kappa shape index (κ2) is 18.9. The molecule has 0 bridgehead atoms. The van der Waals surface area contributed by atoms with Crippen LogP contribution in [-0.2, 0) is 9.47 Å². The third-order valence-corrected chi connectivity index (χ3v) is 10.7. The maximum atomic E-state index is 11.9. The molecule has 0 radical (unpaired) electrons. The molecule has 2 N–H and O–H groups in total. The van der Waals surface area contributed by atoms with E-state index in [9.17, 15) is 14.4 Å². The van der Waals surface area contributed by atoms with Gasteiger partial charge in [-0.25, -0.2) is 38.7 Å². The number of fused-ring (bicyclic) bond motifs is 3. The van der Waals surface area contributed by atoms with Crippen LogP contribution in [0.5, 0.6) is 0 Å². The van der Waals surface area contributed by atoms with Crippen molar-refractivity contribution in [2.45, 2.75) is 13.8 Å². The van der Waals surface area contributed by atoms with E-state index in [0.717, 1.165) is 44.0 Å². The van der Waals surface area contributed by atoms with E-state index in [-0.39, 0.29) is 16.8 Å². The smallest absolute Gasteiger partial charge is 0.352 e. The summed E-state index contributed by atoms with van der Waals surface area (Å²) >= 11 is 6.75. The minimum absolute atomic E-state index is 0.193. The van der Waals surface area contributed by atoms with Crippen molar-refractivity contribution in [3.05, 3.63) is 127 Å². The first-order valence-corrected chi connectivity index (χ1v) is 20.0. The van der Waals surface area contributed by atoms with Crippen molar-refractivity contribution in [3.63, 3.8) is 0 Å². The molecule has 0 aliphatic rings. The number of hydrogen-bond donors (Lipinski definition) is 2. The molecule has 56 heavy (non-hydrogen) atoms.